The van der Waals surface area contributed by atoms with Crippen molar-refractivity contribution in [1.82, 2.24) is 19.6 Å². The third kappa shape index (κ3) is 2.66. The van der Waals surface area contributed by atoms with Crippen LogP contribution in [0, 0.1) is 12.8 Å². The number of aryl methyl sites for hydroxylation is 1. The summed E-state index contributed by atoms with van der Waals surface area (Å²) in [6, 6.07) is 1.76. The molecule has 0 aliphatic carbocycles. The molecular weight excluding hydrogens is 283 g/mol. The molecule has 2 aromatic rings. The second-order valence-corrected chi connectivity index (χ2v) is 5.59. The predicted octanol–water partition coefficient (Wildman–Crippen LogP) is 2.69. The molecule has 1 unspecified atom stereocenters. The van der Waals surface area contributed by atoms with Crippen LogP contribution in [0.25, 0.3) is 5.78 Å². The molecule has 1 aliphatic heterocycles. The minimum atomic E-state index is -4.56. The fraction of sp³-hybridized carbons (Fsp3) is 0.615. The minimum Gasteiger partial charge on any atom is -0.356 e. The van der Waals surface area contributed by atoms with E-state index in [2.05, 4.69) is 26.9 Å². The molecule has 2 aromatic heterocycles. The van der Waals surface area contributed by atoms with Crippen LogP contribution in [-0.2, 0) is 6.18 Å². The lowest BCUT2D eigenvalue weighted by molar-refractivity contribution is -0.144. The Bertz CT molecular complexity index is 664. The van der Waals surface area contributed by atoms with E-state index in [-0.39, 0.29) is 5.78 Å². The maximum Gasteiger partial charge on any atom is 0.453 e. The highest BCUT2D eigenvalue weighted by Gasteiger charge is 2.37. The monoisotopic (exact) mass is 299 g/mol. The first-order valence-corrected chi connectivity index (χ1v) is 6.91. The summed E-state index contributed by atoms with van der Waals surface area (Å²) in [4.78, 5) is 9.62. The number of hydrogen-bond donors (Lipinski definition) is 0. The number of piperidine rings is 1. The summed E-state index contributed by atoms with van der Waals surface area (Å²) in [5.74, 6) is -0.0117. The van der Waals surface area contributed by atoms with Gasteiger partial charge in [0.15, 0.2) is 0 Å². The molecule has 0 N–H and O–H groups in total. The molecular formula is C13H16F3N5. The Labute approximate surface area is 119 Å². The van der Waals surface area contributed by atoms with Gasteiger partial charge in [-0.3, -0.25) is 0 Å². The average Bonchev–Trinajstić information content (AvgIpc) is 2.81. The topological polar surface area (TPSA) is 46.3 Å². The van der Waals surface area contributed by atoms with Crippen LogP contribution in [0.1, 0.15) is 31.3 Å². The van der Waals surface area contributed by atoms with E-state index in [0.29, 0.717) is 17.4 Å². The van der Waals surface area contributed by atoms with Gasteiger partial charge in [0, 0.05) is 24.8 Å². The van der Waals surface area contributed by atoms with Crippen molar-refractivity contribution in [2.24, 2.45) is 5.92 Å². The van der Waals surface area contributed by atoms with Crippen molar-refractivity contribution in [2.45, 2.75) is 32.9 Å². The van der Waals surface area contributed by atoms with Gasteiger partial charge in [0.1, 0.15) is 5.82 Å². The van der Waals surface area contributed by atoms with Crippen LogP contribution in [-0.4, -0.2) is 32.7 Å². The van der Waals surface area contributed by atoms with Crippen molar-refractivity contribution in [2.75, 3.05) is 18.0 Å². The highest BCUT2D eigenvalue weighted by Crippen LogP contribution is 2.28. The smallest absolute Gasteiger partial charge is 0.356 e. The van der Waals surface area contributed by atoms with Gasteiger partial charge in [0.25, 0.3) is 11.6 Å². The van der Waals surface area contributed by atoms with Crippen LogP contribution < -0.4 is 4.90 Å². The number of aromatic nitrogens is 4. The fourth-order valence-corrected chi connectivity index (χ4v) is 2.71. The maximum atomic E-state index is 12.8. The number of halogens is 3. The van der Waals surface area contributed by atoms with Crippen molar-refractivity contribution < 1.29 is 13.2 Å². The highest BCUT2D eigenvalue weighted by molar-refractivity contribution is 5.48. The van der Waals surface area contributed by atoms with Gasteiger partial charge >= 0.3 is 6.18 Å². The van der Waals surface area contributed by atoms with Gasteiger partial charge in [-0.1, -0.05) is 6.92 Å². The highest BCUT2D eigenvalue weighted by atomic mass is 19.4. The molecule has 1 saturated heterocycles. The normalized spacial score (nSPS) is 20.2. The average molecular weight is 299 g/mol. The summed E-state index contributed by atoms with van der Waals surface area (Å²) in [7, 11) is 0. The molecule has 114 valence electrons. The van der Waals surface area contributed by atoms with Crippen molar-refractivity contribution in [1.29, 1.82) is 0 Å². The molecule has 5 nitrogen and oxygen atoms in total. The van der Waals surface area contributed by atoms with Crippen LogP contribution in [0.5, 0.6) is 0 Å². The molecule has 1 fully saturated rings. The lowest BCUT2D eigenvalue weighted by Gasteiger charge is -2.32. The van der Waals surface area contributed by atoms with Crippen LogP contribution in [0.15, 0.2) is 6.07 Å². The first kappa shape index (κ1) is 14.1. The lowest BCUT2D eigenvalue weighted by atomic mass is 10.0. The quantitative estimate of drug-likeness (QED) is 0.812. The van der Waals surface area contributed by atoms with E-state index < -0.39 is 12.0 Å². The standard InChI is InChI=1S/C13H16F3N5/c1-8-4-3-5-20(7-8)10-6-9(2)17-12-18-11(13(14,15)16)19-21(10)12/h6,8H,3-5,7H2,1-2H3. The van der Waals surface area contributed by atoms with Crippen LogP contribution in [0.4, 0.5) is 19.0 Å². The van der Waals surface area contributed by atoms with Crippen LogP contribution >= 0.6 is 0 Å². The Hall–Kier alpha value is -1.86. The zero-order valence-corrected chi connectivity index (χ0v) is 11.9. The molecule has 1 atom stereocenters. The van der Waals surface area contributed by atoms with Gasteiger partial charge in [0.2, 0.25) is 0 Å². The molecule has 0 amide bonds. The van der Waals surface area contributed by atoms with Gasteiger partial charge in [-0.2, -0.15) is 22.7 Å². The molecule has 3 heterocycles. The fourth-order valence-electron chi connectivity index (χ4n) is 2.71. The van der Waals surface area contributed by atoms with Crippen LogP contribution in [0.2, 0.25) is 0 Å². The Morgan fingerprint density at radius 1 is 1.29 bits per heavy atom. The Morgan fingerprint density at radius 3 is 2.71 bits per heavy atom. The molecule has 0 saturated carbocycles. The molecule has 0 spiro atoms. The largest absolute Gasteiger partial charge is 0.453 e. The molecule has 8 heteroatoms. The zero-order chi connectivity index (χ0) is 15.2. The first-order chi connectivity index (χ1) is 9.84. The summed E-state index contributed by atoms with van der Waals surface area (Å²) in [5, 5.41) is 3.60. The molecule has 0 radical (unpaired) electrons. The van der Waals surface area contributed by atoms with Crippen molar-refractivity contribution >= 4 is 11.6 Å². The van der Waals surface area contributed by atoms with E-state index in [4.69, 9.17) is 0 Å². The van der Waals surface area contributed by atoms with E-state index in [1.54, 1.807) is 13.0 Å². The number of anilines is 1. The van der Waals surface area contributed by atoms with Crippen molar-refractivity contribution in [3.8, 4) is 0 Å². The number of nitrogens with zero attached hydrogens (tertiary/aromatic N) is 5. The van der Waals surface area contributed by atoms with E-state index >= 15 is 0 Å². The van der Waals surface area contributed by atoms with Crippen molar-refractivity contribution in [3.63, 3.8) is 0 Å². The van der Waals surface area contributed by atoms with Gasteiger partial charge in [-0.15, -0.1) is 5.10 Å². The van der Waals surface area contributed by atoms with E-state index in [1.807, 2.05) is 0 Å². The third-order valence-corrected chi connectivity index (χ3v) is 3.66. The van der Waals surface area contributed by atoms with Gasteiger partial charge < -0.3 is 4.90 Å². The summed E-state index contributed by atoms with van der Waals surface area (Å²) in [5.41, 5.74) is 0.636. The third-order valence-electron chi connectivity index (χ3n) is 3.66. The molecule has 3 rings (SSSR count). The second-order valence-electron chi connectivity index (χ2n) is 5.59. The van der Waals surface area contributed by atoms with Crippen LogP contribution in [0.3, 0.4) is 0 Å². The summed E-state index contributed by atoms with van der Waals surface area (Å²) in [6.45, 7) is 5.50. The number of alkyl halides is 3. The SMILES string of the molecule is Cc1cc(N2CCCC(C)C2)n2nc(C(F)(F)F)nc2n1. The number of fused-ring (bicyclic) bond motifs is 1. The van der Waals surface area contributed by atoms with E-state index in [9.17, 15) is 13.2 Å². The Morgan fingerprint density at radius 2 is 2.05 bits per heavy atom. The van der Waals surface area contributed by atoms with Gasteiger partial charge in [-0.05, 0) is 25.7 Å². The van der Waals surface area contributed by atoms with Crippen molar-refractivity contribution in [3.05, 3.63) is 17.6 Å². The number of rotatable bonds is 1. The summed E-state index contributed by atoms with van der Waals surface area (Å²) >= 11 is 0. The minimum absolute atomic E-state index is 0.00412. The van der Waals surface area contributed by atoms with Gasteiger partial charge in [-0.25, -0.2) is 4.98 Å². The summed E-state index contributed by atoms with van der Waals surface area (Å²) < 4.78 is 39.6. The predicted molar refractivity (Wildman–Crippen MR) is 71.1 cm³/mol. The van der Waals surface area contributed by atoms with E-state index in [0.717, 1.165) is 25.9 Å². The first-order valence-electron chi connectivity index (χ1n) is 6.91. The second kappa shape index (κ2) is 4.85. The molecule has 21 heavy (non-hydrogen) atoms. The van der Waals surface area contributed by atoms with Gasteiger partial charge in [0.05, 0.1) is 0 Å². The lowest BCUT2D eigenvalue weighted by Crippen LogP contribution is -2.35. The zero-order valence-electron chi connectivity index (χ0n) is 11.9. The molecule has 0 bridgehead atoms. The summed E-state index contributed by atoms with van der Waals surface area (Å²) in [6.07, 6.45) is -2.41. The van der Waals surface area contributed by atoms with E-state index in [1.165, 1.54) is 4.52 Å². The molecule has 0 aromatic carbocycles. The maximum absolute atomic E-state index is 12.8. The Kier molecular flexibility index (Phi) is 3.26. The number of hydrogen-bond acceptors (Lipinski definition) is 4. The molecule has 1 aliphatic rings. The Balaban J connectivity index is 2.10.